The topological polar surface area (TPSA) is 120 Å². The molecule has 0 bridgehead atoms. The third-order valence-electron chi connectivity index (χ3n) is 5.80. The van der Waals surface area contributed by atoms with Crippen LogP contribution in [0.3, 0.4) is 0 Å². The Hall–Kier alpha value is -3.56. The van der Waals surface area contributed by atoms with Crippen LogP contribution in [0.15, 0.2) is 53.3 Å². The molecule has 9 nitrogen and oxygen atoms in total. The number of halogens is 1. The number of amides is 2. The standard InChI is InChI=1S/C26H32ClN5O4/c1-26(2,16-29-24(34)19-14-17(27)10-11-21(19)36-4)15-22(33)30-23-20(12-13-28)31(3)32(25(23)35)18-8-6-5-7-9-18/h5-11,14H,12-13,15-16,28H2,1-4H3,(H,29,34)(H,30,33). The maximum absolute atomic E-state index is 13.3. The lowest BCUT2D eigenvalue weighted by Crippen LogP contribution is -2.36. The Bertz CT molecular complexity index is 1300. The molecule has 3 rings (SSSR count). The number of nitrogens with zero attached hydrogens (tertiary/aromatic N) is 2. The van der Waals surface area contributed by atoms with Crippen LogP contribution >= 0.6 is 11.6 Å². The number of anilines is 1. The largest absolute Gasteiger partial charge is 0.496 e. The van der Waals surface area contributed by atoms with Gasteiger partial charge in [-0.1, -0.05) is 43.6 Å². The van der Waals surface area contributed by atoms with Crippen molar-refractivity contribution in [3.05, 3.63) is 75.2 Å². The maximum Gasteiger partial charge on any atom is 0.295 e. The number of ether oxygens (including phenoxy) is 1. The lowest BCUT2D eigenvalue weighted by molar-refractivity contribution is -0.118. The second kappa shape index (κ2) is 11.5. The van der Waals surface area contributed by atoms with Gasteiger partial charge in [0.1, 0.15) is 11.4 Å². The normalized spacial score (nSPS) is 11.3. The molecule has 2 aromatic carbocycles. The van der Waals surface area contributed by atoms with Crippen LogP contribution in [0.5, 0.6) is 5.75 Å². The van der Waals surface area contributed by atoms with Gasteiger partial charge >= 0.3 is 0 Å². The Morgan fingerprint density at radius 1 is 1.14 bits per heavy atom. The monoisotopic (exact) mass is 513 g/mol. The molecule has 0 unspecified atom stereocenters. The molecule has 4 N–H and O–H groups in total. The third kappa shape index (κ3) is 6.16. The number of hydrogen-bond donors (Lipinski definition) is 3. The Balaban J connectivity index is 1.74. The molecule has 1 aromatic heterocycles. The molecular formula is C26H32ClN5O4. The van der Waals surface area contributed by atoms with Gasteiger partial charge in [0, 0.05) is 31.5 Å². The van der Waals surface area contributed by atoms with Crippen LogP contribution in [-0.2, 0) is 18.3 Å². The summed E-state index contributed by atoms with van der Waals surface area (Å²) >= 11 is 6.03. The quantitative estimate of drug-likeness (QED) is 0.384. The van der Waals surface area contributed by atoms with E-state index in [1.165, 1.54) is 17.9 Å². The average Bonchev–Trinajstić information content (AvgIpc) is 3.06. The van der Waals surface area contributed by atoms with Crippen LogP contribution in [0, 0.1) is 5.41 Å². The van der Waals surface area contributed by atoms with Gasteiger partial charge in [-0.05, 0) is 42.3 Å². The highest BCUT2D eigenvalue weighted by atomic mass is 35.5. The number of carbonyl (C=O) groups is 2. The SMILES string of the molecule is COc1ccc(Cl)cc1C(=O)NCC(C)(C)CC(=O)Nc1c(CCN)n(C)n(-c2ccccc2)c1=O. The molecule has 10 heteroatoms. The van der Waals surface area contributed by atoms with Gasteiger partial charge in [0.15, 0.2) is 0 Å². The van der Waals surface area contributed by atoms with Crippen molar-refractivity contribution >= 4 is 29.1 Å². The zero-order valence-electron chi connectivity index (χ0n) is 20.9. The highest BCUT2D eigenvalue weighted by molar-refractivity contribution is 6.31. The van der Waals surface area contributed by atoms with E-state index in [0.29, 0.717) is 40.7 Å². The first kappa shape index (κ1) is 27.0. The number of nitrogens with one attached hydrogen (secondary N) is 2. The van der Waals surface area contributed by atoms with Crippen molar-refractivity contribution in [1.82, 2.24) is 14.7 Å². The van der Waals surface area contributed by atoms with Crippen molar-refractivity contribution in [3.63, 3.8) is 0 Å². The summed E-state index contributed by atoms with van der Waals surface area (Å²) in [5.41, 5.74) is 6.68. The number of nitrogens with two attached hydrogens (primary N) is 1. The van der Waals surface area contributed by atoms with Crippen LogP contribution in [0.4, 0.5) is 5.69 Å². The van der Waals surface area contributed by atoms with Gasteiger partial charge in [0.05, 0.1) is 24.1 Å². The van der Waals surface area contributed by atoms with Gasteiger partial charge in [0.25, 0.3) is 11.5 Å². The number of methoxy groups -OCH3 is 1. The van der Waals surface area contributed by atoms with Crippen LogP contribution in [0.2, 0.25) is 5.02 Å². The summed E-state index contributed by atoms with van der Waals surface area (Å²) in [6.45, 7) is 4.25. The van der Waals surface area contributed by atoms with Crippen LogP contribution in [0.25, 0.3) is 5.69 Å². The van der Waals surface area contributed by atoms with E-state index in [1.54, 1.807) is 23.9 Å². The fourth-order valence-corrected chi connectivity index (χ4v) is 4.18. The Kier molecular flexibility index (Phi) is 8.60. The van der Waals surface area contributed by atoms with E-state index >= 15 is 0 Å². The third-order valence-corrected chi connectivity index (χ3v) is 6.04. The van der Waals surface area contributed by atoms with Crippen LogP contribution in [-0.4, -0.2) is 41.4 Å². The van der Waals surface area contributed by atoms with E-state index in [-0.39, 0.29) is 36.0 Å². The second-order valence-electron chi connectivity index (χ2n) is 9.25. The summed E-state index contributed by atoms with van der Waals surface area (Å²) < 4.78 is 8.46. The smallest absolute Gasteiger partial charge is 0.295 e. The van der Waals surface area contributed by atoms with Crippen molar-refractivity contribution < 1.29 is 14.3 Å². The molecule has 0 aliphatic rings. The molecule has 0 aliphatic carbocycles. The molecule has 3 aromatic rings. The lowest BCUT2D eigenvalue weighted by atomic mass is 9.88. The maximum atomic E-state index is 13.3. The molecule has 0 saturated carbocycles. The van der Waals surface area contributed by atoms with Gasteiger partial charge in [0.2, 0.25) is 5.91 Å². The van der Waals surface area contributed by atoms with Crippen molar-refractivity contribution in [1.29, 1.82) is 0 Å². The van der Waals surface area contributed by atoms with E-state index in [1.807, 2.05) is 44.2 Å². The van der Waals surface area contributed by atoms with Crippen molar-refractivity contribution in [2.75, 3.05) is 25.5 Å². The van der Waals surface area contributed by atoms with Crippen molar-refractivity contribution in [2.24, 2.45) is 18.2 Å². The van der Waals surface area contributed by atoms with E-state index in [4.69, 9.17) is 22.1 Å². The van der Waals surface area contributed by atoms with Gasteiger partial charge < -0.3 is 21.1 Å². The molecule has 1 heterocycles. The van der Waals surface area contributed by atoms with Crippen molar-refractivity contribution in [2.45, 2.75) is 26.7 Å². The van der Waals surface area contributed by atoms with Gasteiger partial charge in [-0.15, -0.1) is 0 Å². The Morgan fingerprint density at radius 3 is 2.47 bits per heavy atom. The summed E-state index contributed by atoms with van der Waals surface area (Å²) in [7, 11) is 3.24. The zero-order chi connectivity index (χ0) is 26.5. The summed E-state index contributed by atoms with van der Waals surface area (Å²) in [4.78, 5) is 39.0. The molecular weight excluding hydrogens is 482 g/mol. The highest BCUT2D eigenvalue weighted by Gasteiger charge is 2.26. The Labute approximate surface area is 215 Å². The molecule has 0 atom stereocenters. The predicted octanol–water partition coefficient (Wildman–Crippen LogP) is 3.12. The predicted molar refractivity (Wildman–Crippen MR) is 141 cm³/mol. The average molecular weight is 514 g/mol. The minimum Gasteiger partial charge on any atom is -0.496 e. The summed E-state index contributed by atoms with van der Waals surface area (Å²) in [6.07, 6.45) is 0.490. The van der Waals surface area contributed by atoms with Gasteiger partial charge in [-0.3, -0.25) is 19.1 Å². The molecule has 0 radical (unpaired) electrons. The van der Waals surface area contributed by atoms with E-state index in [0.717, 1.165) is 0 Å². The summed E-state index contributed by atoms with van der Waals surface area (Å²) in [6, 6.07) is 14.0. The van der Waals surface area contributed by atoms with E-state index in [2.05, 4.69) is 10.6 Å². The molecule has 0 saturated heterocycles. The number of rotatable bonds is 10. The molecule has 0 aliphatic heterocycles. The minimum atomic E-state index is -0.604. The first-order valence-electron chi connectivity index (χ1n) is 11.6. The minimum absolute atomic E-state index is 0.0711. The molecule has 36 heavy (non-hydrogen) atoms. The van der Waals surface area contributed by atoms with Crippen molar-refractivity contribution in [3.8, 4) is 11.4 Å². The van der Waals surface area contributed by atoms with Gasteiger partial charge in [-0.2, -0.15) is 0 Å². The fraction of sp³-hybridized carbons (Fsp3) is 0.346. The summed E-state index contributed by atoms with van der Waals surface area (Å²) in [5.74, 6) is -0.295. The van der Waals surface area contributed by atoms with E-state index in [9.17, 15) is 14.4 Å². The summed E-state index contributed by atoms with van der Waals surface area (Å²) in [5, 5.41) is 6.05. The molecule has 192 valence electrons. The first-order valence-corrected chi connectivity index (χ1v) is 11.9. The first-order chi connectivity index (χ1) is 17.1. The molecule has 2 amide bonds. The van der Waals surface area contributed by atoms with Gasteiger partial charge in [-0.25, -0.2) is 4.68 Å². The second-order valence-corrected chi connectivity index (χ2v) is 9.69. The molecule has 0 fully saturated rings. The number of benzene rings is 2. The van der Waals surface area contributed by atoms with E-state index < -0.39 is 5.41 Å². The van der Waals surface area contributed by atoms with Crippen LogP contribution in [0.1, 0.15) is 36.3 Å². The Morgan fingerprint density at radius 2 is 1.83 bits per heavy atom. The number of para-hydroxylation sites is 1. The highest BCUT2D eigenvalue weighted by Crippen LogP contribution is 2.25. The number of aromatic nitrogens is 2. The van der Waals surface area contributed by atoms with Crippen LogP contribution < -0.4 is 26.7 Å². The number of carbonyl (C=O) groups excluding carboxylic acids is 2. The zero-order valence-corrected chi connectivity index (χ0v) is 21.7. The fourth-order valence-electron chi connectivity index (χ4n) is 4.01. The number of hydrogen-bond acceptors (Lipinski definition) is 5. The molecule has 0 spiro atoms. The lowest BCUT2D eigenvalue weighted by Gasteiger charge is -2.24.